The van der Waals surface area contributed by atoms with E-state index in [0.717, 1.165) is 0 Å². The summed E-state index contributed by atoms with van der Waals surface area (Å²) in [5.41, 5.74) is 0. The van der Waals surface area contributed by atoms with Crippen molar-refractivity contribution in [2.24, 2.45) is 0 Å². The van der Waals surface area contributed by atoms with Crippen LogP contribution in [0.5, 0.6) is 5.75 Å². The van der Waals surface area contributed by atoms with Crippen LogP contribution in [0.3, 0.4) is 0 Å². The maximum absolute atomic E-state index is 12.8. The SMILES string of the molecule is CCO[C@@H]1O[C@@H](C)[C@@H](O)[C@@H](OC(=S)Oc2ccc(F)cc2)[C@@H]1O. The molecule has 0 radical (unpaired) electrons. The number of halogens is 1. The highest BCUT2D eigenvalue weighted by Crippen LogP contribution is 2.25. The molecule has 0 aromatic heterocycles. The van der Waals surface area contributed by atoms with Crippen molar-refractivity contribution in [1.82, 2.24) is 0 Å². The first-order valence-corrected chi connectivity index (χ1v) is 7.60. The molecule has 0 spiro atoms. The van der Waals surface area contributed by atoms with Gasteiger partial charge in [0.25, 0.3) is 0 Å². The van der Waals surface area contributed by atoms with Crippen molar-refractivity contribution in [3.63, 3.8) is 0 Å². The second kappa shape index (κ2) is 7.98. The number of ether oxygens (including phenoxy) is 4. The third-order valence-corrected chi connectivity index (χ3v) is 3.54. The Labute approximate surface area is 138 Å². The molecule has 8 heteroatoms. The molecule has 5 atom stereocenters. The molecule has 1 aliphatic heterocycles. The zero-order valence-electron chi connectivity index (χ0n) is 12.7. The van der Waals surface area contributed by atoms with Gasteiger partial charge in [-0.3, -0.25) is 0 Å². The standard InChI is InChI=1S/C15H19FO6S/c1-3-19-14-12(18)13(11(17)8(2)20-14)22-15(23)21-10-6-4-9(16)5-7-10/h4-8,11-14,17-18H,3H2,1-2H3/t8-,11+,12-,13+,14+/m0/s1. The molecule has 2 rings (SSSR count). The van der Waals surface area contributed by atoms with Crippen molar-refractivity contribution in [3.05, 3.63) is 30.1 Å². The Hall–Kier alpha value is -1.32. The van der Waals surface area contributed by atoms with E-state index in [4.69, 9.17) is 31.2 Å². The average Bonchev–Trinajstić information content (AvgIpc) is 2.51. The minimum Gasteiger partial charge on any atom is -0.447 e. The minimum atomic E-state index is -1.24. The Bertz CT molecular complexity index is 525. The highest BCUT2D eigenvalue weighted by molar-refractivity contribution is 7.79. The van der Waals surface area contributed by atoms with E-state index in [1.54, 1.807) is 13.8 Å². The van der Waals surface area contributed by atoms with E-state index in [1.165, 1.54) is 24.3 Å². The topological polar surface area (TPSA) is 77.4 Å². The van der Waals surface area contributed by atoms with Crippen LogP contribution >= 0.6 is 12.2 Å². The zero-order valence-corrected chi connectivity index (χ0v) is 13.5. The Kier molecular flexibility index (Phi) is 6.25. The molecule has 23 heavy (non-hydrogen) atoms. The molecule has 1 fully saturated rings. The van der Waals surface area contributed by atoms with Gasteiger partial charge in [-0.2, -0.15) is 0 Å². The van der Waals surface area contributed by atoms with Crippen molar-refractivity contribution in [1.29, 1.82) is 0 Å². The van der Waals surface area contributed by atoms with Crippen LogP contribution in [0, 0.1) is 5.82 Å². The van der Waals surface area contributed by atoms with Crippen LogP contribution in [0.25, 0.3) is 0 Å². The van der Waals surface area contributed by atoms with Crippen molar-refractivity contribution >= 4 is 17.5 Å². The second-order valence-electron chi connectivity index (χ2n) is 5.03. The molecule has 6 nitrogen and oxygen atoms in total. The average molecular weight is 346 g/mol. The zero-order chi connectivity index (χ0) is 17.0. The molecule has 0 aliphatic carbocycles. The first-order valence-electron chi connectivity index (χ1n) is 7.19. The lowest BCUT2D eigenvalue weighted by Crippen LogP contribution is -2.59. The quantitative estimate of drug-likeness (QED) is 0.798. The van der Waals surface area contributed by atoms with Gasteiger partial charge in [-0.25, -0.2) is 4.39 Å². The molecule has 2 N–H and O–H groups in total. The molecule has 0 unspecified atom stereocenters. The van der Waals surface area contributed by atoms with E-state index >= 15 is 0 Å². The van der Waals surface area contributed by atoms with Gasteiger partial charge in [0.15, 0.2) is 12.4 Å². The lowest BCUT2D eigenvalue weighted by atomic mass is 10.00. The summed E-state index contributed by atoms with van der Waals surface area (Å²) in [6.45, 7) is 3.71. The van der Waals surface area contributed by atoms with E-state index in [0.29, 0.717) is 6.61 Å². The summed E-state index contributed by atoms with van der Waals surface area (Å²) in [5.74, 6) is -0.130. The fraction of sp³-hybridized carbons (Fsp3) is 0.533. The number of benzene rings is 1. The van der Waals surface area contributed by atoms with Gasteiger partial charge in [-0.15, -0.1) is 0 Å². The highest BCUT2D eigenvalue weighted by atomic mass is 32.1. The molecular weight excluding hydrogens is 327 g/mol. The Balaban J connectivity index is 2.00. The molecule has 1 aromatic rings. The third-order valence-electron chi connectivity index (χ3n) is 3.36. The van der Waals surface area contributed by atoms with Crippen LogP contribution in [0.15, 0.2) is 24.3 Å². The van der Waals surface area contributed by atoms with Gasteiger partial charge >= 0.3 is 5.24 Å². The summed E-state index contributed by atoms with van der Waals surface area (Å²) in [4.78, 5) is 0. The fourth-order valence-corrected chi connectivity index (χ4v) is 2.38. The predicted octanol–water partition coefficient (Wildman–Crippen LogP) is 1.38. The van der Waals surface area contributed by atoms with Gasteiger partial charge in [0.2, 0.25) is 0 Å². The van der Waals surface area contributed by atoms with Crippen LogP contribution in [0.1, 0.15) is 13.8 Å². The normalized spacial score (nSPS) is 30.7. The molecule has 0 bridgehead atoms. The second-order valence-corrected chi connectivity index (χ2v) is 5.37. The molecule has 0 saturated carbocycles. The summed E-state index contributed by atoms with van der Waals surface area (Å²) in [5, 5.41) is 20.0. The molecule has 1 aromatic carbocycles. The van der Waals surface area contributed by atoms with Gasteiger partial charge in [0.05, 0.1) is 6.10 Å². The van der Waals surface area contributed by atoms with Crippen LogP contribution < -0.4 is 4.74 Å². The van der Waals surface area contributed by atoms with E-state index in [9.17, 15) is 14.6 Å². The number of hydrogen-bond donors (Lipinski definition) is 2. The van der Waals surface area contributed by atoms with E-state index in [-0.39, 0.29) is 11.0 Å². The number of aliphatic hydroxyl groups is 2. The Morgan fingerprint density at radius 3 is 2.52 bits per heavy atom. The van der Waals surface area contributed by atoms with E-state index in [2.05, 4.69) is 0 Å². The highest BCUT2D eigenvalue weighted by Gasteiger charge is 2.45. The first-order chi connectivity index (χ1) is 10.9. The number of thiocarbonyl (C=S) groups is 1. The number of aliphatic hydroxyl groups excluding tert-OH is 2. The summed E-state index contributed by atoms with van der Waals surface area (Å²) in [6, 6.07) is 5.19. The number of hydrogen-bond acceptors (Lipinski definition) is 7. The molecule has 1 aliphatic rings. The summed E-state index contributed by atoms with van der Waals surface area (Å²) < 4.78 is 34.1. The molecule has 0 amide bonds. The van der Waals surface area contributed by atoms with Gasteiger partial charge < -0.3 is 29.2 Å². The molecule has 128 valence electrons. The van der Waals surface area contributed by atoms with Crippen molar-refractivity contribution < 1.29 is 33.6 Å². The third kappa shape index (κ3) is 4.58. The maximum atomic E-state index is 12.8. The Morgan fingerprint density at radius 2 is 1.91 bits per heavy atom. The van der Waals surface area contributed by atoms with E-state index < -0.39 is 36.5 Å². The van der Waals surface area contributed by atoms with Crippen LogP contribution in [-0.2, 0) is 14.2 Å². The minimum absolute atomic E-state index is 0.279. The predicted molar refractivity (Wildman–Crippen MR) is 82.5 cm³/mol. The lowest BCUT2D eigenvalue weighted by molar-refractivity contribution is -0.290. The van der Waals surface area contributed by atoms with Crippen molar-refractivity contribution in [2.75, 3.05) is 6.61 Å². The summed E-state index contributed by atoms with van der Waals surface area (Å²) in [7, 11) is 0. The summed E-state index contributed by atoms with van der Waals surface area (Å²) in [6.07, 6.45) is -4.97. The van der Waals surface area contributed by atoms with Crippen LogP contribution in [0.2, 0.25) is 0 Å². The number of rotatable bonds is 4. The summed E-state index contributed by atoms with van der Waals surface area (Å²) >= 11 is 4.96. The van der Waals surface area contributed by atoms with E-state index in [1.807, 2.05) is 0 Å². The molecule has 1 heterocycles. The van der Waals surface area contributed by atoms with Crippen LogP contribution in [-0.4, -0.2) is 52.8 Å². The van der Waals surface area contributed by atoms with Gasteiger partial charge in [0, 0.05) is 18.8 Å². The monoisotopic (exact) mass is 346 g/mol. The van der Waals surface area contributed by atoms with Gasteiger partial charge in [-0.1, -0.05) is 0 Å². The lowest BCUT2D eigenvalue weighted by Gasteiger charge is -2.40. The molecular formula is C15H19FO6S. The van der Waals surface area contributed by atoms with Crippen molar-refractivity contribution in [3.8, 4) is 5.75 Å². The Morgan fingerprint density at radius 1 is 1.26 bits per heavy atom. The van der Waals surface area contributed by atoms with Crippen molar-refractivity contribution in [2.45, 2.75) is 44.6 Å². The fourth-order valence-electron chi connectivity index (χ4n) is 2.17. The maximum Gasteiger partial charge on any atom is 0.358 e. The largest absolute Gasteiger partial charge is 0.447 e. The van der Waals surface area contributed by atoms with Gasteiger partial charge in [-0.05, 0) is 38.1 Å². The smallest absolute Gasteiger partial charge is 0.358 e. The first kappa shape index (κ1) is 18.0. The van der Waals surface area contributed by atoms with Crippen LogP contribution in [0.4, 0.5) is 4.39 Å². The molecule has 1 saturated heterocycles. The van der Waals surface area contributed by atoms with Gasteiger partial charge in [0.1, 0.15) is 23.8 Å².